The molecule has 0 spiro atoms. The van der Waals surface area contributed by atoms with Gasteiger partial charge in [0, 0.05) is 5.54 Å². The summed E-state index contributed by atoms with van der Waals surface area (Å²) in [4.78, 5) is 0. The van der Waals surface area contributed by atoms with Crippen LogP contribution in [0.3, 0.4) is 0 Å². The summed E-state index contributed by atoms with van der Waals surface area (Å²) in [5.41, 5.74) is 5.48. The summed E-state index contributed by atoms with van der Waals surface area (Å²) in [5, 5.41) is 12.2. The summed E-state index contributed by atoms with van der Waals surface area (Å²) in [6.07, 6.45) is 1.79. The average Bonchev–Trinajstić information content (AvgIpc) is 2.06. The maximum absolute atomic E-state index is 8.96. The Morgan fingerprint density at radius 3 is 2.33 bits per heavy atom. The van der Waals surface area contributed by atoms with Crippen LogP contribution in [0.2, 0.25) is 0 Å². The Morgan fingerprint density at radius 2 is 1.92 bits per heavy atom. The molecule has 3 N–H and O–H groups in total. The second-order valence-corrected chi connectivity index (χ2v) is 4.14. The van der Waals surface area contributed by atoms with Crippen LogP contribution in [0.4, 0.5) is 0 Å². The highest BCUT2D eigenvalue weighted by Gasteiger charge is 2.42. The highest BCUT2D eigenvalue weighted by Crippen LogP contribution is 2.34. The normalized spacial score (nSPS) is 23.2. The van der Waals surface area contributed by atoms with Gasteiger partial charge in [0.25, 0.3) is 0 Å². The number of piperidine rings is 1. The topological polar surface area (TPSA) is 61.8 Å². The van der Waals surface area contributed by atoms with E-state index in [1.54, 1.807) is 0 Å². The molecular weight excluding hydrogens is 150 g/mol. The van der Waals surface area contributed by atoms with Crippen molar-refractivity contribution in [1.82, 2.24) is 5.32 Å². The zero-order chi connectivity index (χ0) is 9.24. The molecule has 1 aliphatic heterocycles. The lowest BCUT2D eigenvalue weighted by Crippen LogP contribution is -2.57. The van der Waals surface area contributed by atoms with E-state index in [0.717, 1.165) is 25.9 Å². The van der Waals surface area contributed by atoms with E-state index in [0.29, 0.717) is 0 Å². The highest BCUT2D eigenvalue weighted by molar-refractivity contribution is 5.10. The van der Waals surface area contributed by atoms with E-state index >= 15 is 0 Å². The number of rotatable bonds is 1. The van der Waals surface area contributed by atoms with Gasteiger partial charge in [-0.2, -0.15) is 5.26 Å². The van der Waals surface area contributed by atoms with E-state index in [2.05, 4.69) is 11.4 Å². The predicted octanol–water partition coefficient (Wildman–Crippen LogP) is 0.617. The third kappa shape index (κ3) is 1.45. The van der Waals surface area contributed by atoms with Gasteiger partial charge in [0.15, 0.2) is 0 Å². The molecule has 0 aliphatic carbocycles. The van der Waals surface area contributed by atoms with Crippen molar-refractivity contribution in [2.45, 2.75) is 32.2 Å². The third-order valence-electron chi connectivity index (χ3n) is 3.02. The van der Waals surface area contributed by atoms with Crippen molar-refractivity contribution in [2.75, 3.05) is 13.1 Å². The molecule has 1 fully saturated rings. The minimum Gasteiger partial charge on any atom is -0.324 e. The molecule has 1 aliphatic rings. The van der Waals surface area contributed by atoms with Gasteiger partial charge in [0.05, 0.1) is 11.5 Å². The van der Waals surface area contributed by atoms with E-state index in [9.17, 15) is 0 Å². The summed E-state index contributed by atoms with van der Waals surface area (Å²) >= 11 is 0. The Labute approximate surface area is 73.9 Å². The van der Waals surface area contributed by atoms with Gasteiger partial charge in [-0.05, 0) is 39.8 Å². The largest absolute Gasteiger partial charge is 0.324 e. The lowest BCUT2D eigenvalue weighted by Gasteiger charge is -2.42. The van der Waals surface area contributed by atoms with Crippen LogP contribution in [0, 0.1) is 16.7 Å². The Bertz CT molecular complexity index is 196. The zero-order valence-electron chi connectivity index (χ0n) is 7.85. The van der Waals surface area contributed by atoms with E-state index in [1.807, 2.05) is 13.8 Å². The second kappa shape index (κ2) is 3.04. The van der Waals surface area contributed by atoms with Crippen LogP contribution in [-0.2, 0) is 0 Å². The molecule has 0 aromatic carbocycles. The molecule has 1 rings (SSSR count). The van der Waals surface area contributed by atoms with Crippen LogP contribution in [0.5, 0.6) is 0 Å². The minimum absolute atomic E-state index is 0.299. The number of hydrogen-bond donors (Lipinski definition) is 2. The fourth-order valence-corrected chi connectivity index (χ4v) is 1.61. The molecule has 0 aromatic heterocycles. The molecule has 0 unspecified atom stereocenters. The van der Waals surface area contributed by atoms with Gasteiger partial charge in [0.1, 0.15) is 0 Å². The van der Waals surface area contributed by atoms with Crippen molar-refractivity contribution in [2.24, 2.45) is 11.1 Å². The van der Waals surface area contributed by atoms with Crippen LogP contribution in [0.1, 0.15) is 26.7 Å². The standard InChI is InChI=1S/C9H17N3/c1-8(2,7-10)9(11)3-5-12-6-4-9/h12H,3-6,11H2,1-2H3. The summed E-state index contributed by atoms with van der Waals surface area (Å²) < 4.78 is 0. The Balaban J connectivity index is 2.76. The maximum atomic E-state index is 8.96. The summed E-state index contributed by atoms with van der Waals surface area (Å²) in [7, 11) is 0. The average molecular weight is 167 g/mol. The number of nitrogens with one attached hydrogen (secondary N) is 1. The Kier molecular flexibility index (Phi) is 2.41. The van der Waals surface area contributed by atoms with Gasteiger partial charge >= 0.3 is 0 Å². The lowest BCUT2D eigenvalue weighted by atomic mass is 9.69. The van der Waals surface area contributed by atoms with Gasteiger partial charge in [-0.15, -0.1) is 0 Å². The van der Waals surface area contributed by atoms with Crippen LogP contribution in [0.15, 0.2) is 0 Å². The van der Waals surface area contributed by atoms with Gasteiger partial charge < -0.3 is 11.1 Å². The SMILES string of the molecule is CC(C)(C#N)C1(N)CCNCC1. The number of hydrogen-bond acceptors (Lipinski definition) is 3. The van der Waals surface area contributed by atoms with Crippen LogP contribution in [-0.4, -0.2) is 18.6 Å². The summed E-state index contributed by atoms with van der Waals surface area (Å²) in [6.45, 7) is 5.72. The number of nitrogens with zero attached hydrogens (tertiary/aromatic N) is 1. The molecule has 0 amide bonds. The monoisotopic (exact) mass is 167 g/mol. The summed E-state index contributed by atoms with van der Waals surface area (Å²) in [5.74, 6) is 0. The molecule has 0 aromatic rings. The van der Waals surface area contributed by atoms with E-state index in [4.69, 9.17) is 11.0 Å². The van der Waals surface area contributed by atoms with Crippen molar-refractivity contribution in [3.05, 3.63) is 0 Å². The minimum atomic E-state index is -0.408. The van der Waals surface area contributed by atoms with Crippen LogP contribution >= 0.6 is 0 Å². The van der Waals surface area contributed by atoms with Crippen molar-refractivity contribution in [3.63, 3.8) is 0 Å². The first-order valence-electron chi connectivity index (χ1n) is 4.43. The first-order chi connectivity index (χ1) is 5.52. The zero-order valence-corrected chi connectivity index (χ0v) is 7.85. The molecule has 68 valence electrons. The third-order valence-corrected chi connectivity index (χ3v) is 3.02. The van der Waals surface area contributed by atoms with Gasteiger partial charge in [-0.3, -0.25) is 0 Å². The molecule has 12 heavy (non-hydrogen) atoms. The molecule has 0 radical (unpaired) electrons. The summed E-state index contributed by atoms with van der Waals surface area (Å²) in [6, 6.07) is 2.30. The van der Waals surface area contributed by atoms with Crippen molar-refractivity contribution >= 4 is 0 Å². The van der Waals surface area contributed by atoms with Crippen LogP contribution < -0.4 is 11.1 Å². The highest BCUT2D eigenvalue weighted by atomic mass is 14.9. The van der Waals surface area contributed by atoms with Crippen LogP contribution in [0.25, 0.3) is 0 Å². The van der Waals surface area contributed by atoms with Gasteiger partial charge in [0.2, 0.25) is 0 Å². The first-order valence-corrected chi connectivity index (χ1v) is 4.43. The lowest BCUT2D eigenvalue weighted by molar-refractivity contribution is 0.176. The van der Waals surface area contributed by atoms with E-state index < -0.39 is 5.41 Å². The quantitative estimate of drug-likeness (QED) is 0.601. The molecule has 0 saturated carbocycles. The first kappa shape index (κ1) is 9.50. The van der Waals surface area contributed by atoms with E-state index in [-0.39, 0.29) is 5.54 Å². The van der Waals surface area contributed by atoms with Crippen molar-refractivity contribution < 1.29 is 0 Å². The molecule has 0 atom stereocenters. The van der Waals surface area contributed by atoms with E-state index in [1.165, 1.54) is 0 Å². The molecule has 1 saturated heterocycles. The van der Waals surface area contributed by atoms with Crippen molar-refractivity contribution in [1.29, 1.82) is 5.26 Å². The Hall–Kier alpha value is -0.590. The van der Waals surface area contributed by atoms with Crippen molar-refractivity contribution in [3.8, 4) is 6.07 Å². The maximum Gasteiger partial charge on any atom is 0.0703 e. The molecule has 3 nitrogen and oxygen atoms in total. The molecule has 0 bridgehead atoms. The predicted molar refractivity (Wildman–Crippen MR) is 48.4 cm³/mol. The molecule has 1 heterocycles. The van der Waals surface area contributed by atoms with Gasteiger partial charge in [-0.1, -0.05) is 0 Å². The number of nitrogens with two attached hydrogens (primary N) is 1. The second-order valence-electron chi connectivity index (χ2n) is 4.14. The molecular formula is C9H17N3. The fourth-order valence-electron chi connectivity index (χ4n) is 1.61. The smallest absolute Gasteiger partial charge is 0.0703 e. The Morgan fingerprint density at radius 1 is 1.42 bits per heavy atom. The molecule has 3 heteroatoms. The number of nitriles is 1. The van der Waals surface area contributed by atoms with Gasteiger partial charge in [-0.25, -0.2) is 0 Å². The fraction of sp³-hybridized carbons (Fsp3) is 0.889.